The van der Waals surface area contributed by atoms with Crippen molar-refractivity contribution >= 4 is 5.97 Å². The predicted molar refractivity (Wildman–Crippen MR) is 58.5 cm³/mol. The average molecular weight is 226 g/mol. The van der Waals surface area contributed by atoms with Crippen LogP contribution in [0.2, 0.25) is 0 Å². The summed E-state index contributed by atoms with van der Waals surface area (Å²) in [6, 6.07) is 7.76. The molecule has 0 aliphatic heterocycles. The molecule has 0 saturated heterocycles. The second-order valence-electron chi connectivity index (χ2n) is 3.31. The summed E-state index contributed by atoms with van der Waals surface area (Å²) >= 11 is 0. The van der Waals surface area contributed by atoms with Gasteiger partial charge in [0.15, 0.2) is 0 Å². The van der Waals surface area contributed by atoms with Crippen LogP contribution < -0.4 is 0 Å². The van der Waals surface area contributed by atoms with Crippen molar-refractivity contribution in [2.75, 3.05) is 21.1 Å². The maximum Gasteiger partial charge on any atom is 0.334 e. The first-order valence-corrected chi connectivity index (χ1v) is 4.46. The lowest BCUT2D eigenvalue weighted by atomic mass is 10.2. The van der Waals surface area contributed by atoms with E-state index in [9.17, 15) is 14.9 Å². The highest BCUT2D eigenvalue weighted by atomic mass is 17.0. The number of rotatable bonds is 2. The molecule has 0 radical (unpaired) electrons. The van der Waals surface area contributed by atoms with Crippen LogP contribution in [0.15, 0.2) is 30.3 Å². The predicted octanol–water partition coefficient (Wildman–Crippen LogP) is 1.21. The fraction of sp³-hybridized carbons (Fsp3) is 0.300. The highest BCUT2D eigenvalue weighted by Gasteiger charge is 2.08. The third-order valence-corrected chi connectivity index (χ3v) is 1.17. The summed E-state index contributed by atoms with van der Waals surface area (Å²) in [6.45, 7) is 0. The fourth-order valence-corrected chi connectivity index (χ4v) is 0.695. The molecule has 1 aromatic carbocycles. The summed E-state index contributed by atoms with van der Waals surface area (Å²) in [5.41, 5.74) is 0.161. The molecule has 0 heterocycles. The first kappa shape index (κ1) is 14.1. The van der Waals surface area contributed by atoms with Gasteiger partial charge in [0.1, 0.15) is 0 Å². The van der Waals surface area contributed by atoms with Crippen molar-refractivity contribution in [1.29, 1.82) is 0 Å². The van der Waals surface area contributed by atoms with Crippen LogP contribution in [-0.4, -0.2) is 37.1 Å². The minimum Gasteiger partial charge on any atom is -0.312 e. The molecule has 1 rings (SSSR count). The third-order valence-electron chi connectivity index (χ3n) is 1.17. The highest BCUT2D eigenvalue weighted by Crippen LogP contribution is 2.00. The molecule has 0 saturated carbocycles. The molecule has 0 amide bonds. The summed E-state index contributed by atoms with van der Waals surface area (Å²) < 4.78 is 0. The van der Waals surface area contributed by atoms with Crippen molar-refractivity contribution in [2.45, 2.75) is 0 Å². The van der Waals surface area contributed by atoms with Gasteiger partial charge in [-0.05, 0) is 33.3 Å². The van der Waals surface area contributed by atoms with Crippen molar-refractivity contribution in [1.82, 2.24) is 4.90 Å². The number of carbonyl (C=O) groups excluding carboxylic acids is 1. The van der Waals surface area contributed by atoms with E-state index in [-0.39, 0.29) is 5.56 Å². The van der Waals surface area contributed by atoms with E-state index in [2.05, 4.69) is 4.84 Å². The zero-order chi connectivity index (χ0) is 12.6. The molecule has 0 fully saturated rings. The van der Waals surface area contributed by atoms with Crippen molar-refractivity contribution in [2.24, 2.45) is 0 Å². The molecular formula is C10H14N2O4. The Labute approximate surface area is 93.5 Å². The van der Waals surface area contributed by atoms with E-state index in [0.717, 1.165) is 0 Å². The Hall–Kier alpha value is -1.95. The van der Waals surface area contributed by atoms with Gasteiger partial charge in [0.25, 0.3) is 0 Å². The molecule has 0 atom stereocenters. The van der Waals surface area contributed by atoms with Crippen LogP contribution in [-0.2, 0) is 4.84 Å². The van der Waals surface area contributed by atoms with E-state index in [1.807, 2.05) is 26.0 Å². The van der Waals surface area contributed by atoms with Crippen LogP contribution in [0.5, 0.6) is 0 Å². The summed E-state index contributed by atoms with van der Waals surface area (Å²) in [5.74, 6) is -0.958. The second-order valence-corrected chi connectivity index (χ2v) is 3.31. The minimum atomic E-state index is -1.13. The van der Waals surface area contributed by atoms with E-state index in [1.54, 1.807) is 18.2 Å². The molecule has 0 spiro atoms. The maximum atomic E-state index is 10.8. The molecule has 6 heteroatoms. The van der Waals surface area contributed by atoms with Crippen LogP contribution in [0.25, 0.3) is 0 Å². The van der Waals surface area contributed by atoms with E-state index >= 15 is 0 Å². The van der Waals surface area contributed by atoms with Crippen molar-refractivity contribution < 1.29 is 14.7 Å². The smallest absolute Gasteiger partial charge is 0.312 e. The van der Waals surface area contributed by atoms with Gasteiger partial charge in [-0.25, -0.2) is 4.84 Å². The molecule has 0 aliphatic rings. The first-order chi connectivity index (χ1) is 7.43. The lowest BCUT2D eigenvalue weighted by molar-refractivity contribution is -0.727. The van der Waals surface area contributed by atoms with Gasteiger partial charge in [-0.15, -0.1) is 10.1 Å². The zero-order valence-electron chi connectivity index (χ0n) is 9.41. The standard InChI is InChI=1S/C7H5NO4.C3H9N/c9-7(12-8(10)11)6-4-2-1-3-5-6;1-4(2)3/h1-5H;1-3H3. The fourth-order valence-electron chi connectivity index (χ4n) is 0.695. The lowest BCUT2D eigenvalue weighted by Gasteiger charge is -1.95. The minimum absolute atomic E-state index is 0.161. The molecule has 88 valence electrons. The van der Waals surface area contributed by atoms with Crippen LogP contribution in [0.1, 0.15) is 10.4 Å². The molecule has 1 aromatic rings. The van der Waals surface area contributed by atoms with Gasteiger partial charge < -0.3 is 4.90 Å². The average Bonchev–Trinajstić information content (AvgIpc) is 2.17. The molecule has 16 heavy (non-hydrogen) atoms. The molecule has 0 unspecified atom stereocenters. The molecule has 0 N–H and O–H groups in total. The largest absolute Gasteiger partial charge is 0.334 e. The third kappa shape index (κ3) is 7.45. The Morgan fingerprint density at radius 2 is 1.69 bits per heavy atom. The number of hydrogen-bond donors (Lipinski definition) is 0. The summed E-state index contributed by atoms with van der Waals surface area (Å²) in [6.07, 6.45) is 0. The quantitative estimate of drug-likeness (QED) is 0.560. The molecular weight excluding hydrogens is 212 g/mol. The number of benzene rings is 1. The van der Waals surface area contributed by atoms with Crippen LogP contribution in [0, 0.1) is 10.1 Å². The van der Waals surface area contributed by atoms with Gasteiger partial charge in [-0.2, -0.15) is 0 Å². The van der Waals surface area contributed by atoms with E-state index in [4.69, 9.17) is 0 Å². The van der Waals surface area contributed by atoms with Crippen LogP contribution in [0.4, 0.5) is 0 Å². The van der Waals surface area contributed by atoms with E-state index in [0.29, 0.717) is 0 Å². The molecule has 6 nitrogen and oxygen atoms in total. The Morgan fingerprint density at radius 3 is 2.06 bits per heavy atom. The topological polar surface area (TPSA) is 72.7 Å². The van der Waals surface area contributed by atoms with Crippen molar-refractivity contribution in [3.8, 4) is 0 Å². The van der Waals surface area contributed by atoms with Crippen molar-refractivity contribution in [3.05, 3.63) is 46.0 Å². The van der Waals surface area contributed by atoms with E-state index in [1.165, 1.54) is 12.1 Å². The Balaban J connectivity index is 0.000000487. The Bertz CT molecular complexity index is 335. The highest BCUT2D eigenvalue weighted by molar-refractivity contribution is 5.88. The molecule has 0 aliphatic carbocycles. The zero-order valence-corrected chi connectivity index (χ0v) is 9.41. The van der Waals surface area contributed by atoms with Crippen molar-refractivity contribution in [3.63, 3.8) is 0 Å². The summed E-state index contributed by atoms with van der Waals surface area (Å²) in [5, 5.41) is 8.62. The van der Waals surface area contributed by atoms with Gasteiger partial charge in [0.2, 0.25) is 0 Å². The Morgan fingerprint density at radius 1 is 1.25 bits per heavy atom. The van der Waals surface area contributed by atoms with Gasteiger partial charge in [0.05, 0.1) is 0 Å². The lowest BCUT2D eigenvalue weighted by Crippen LogP contribution is -2.09. The Kier molecular flexibility index (Phi) is 6.46. The number of nitrogens with zero attached hydrogens (tertiary/aromatic N) is 2. The van der Waals surface area contributed by atoms with Crippen LogP contribution >= 0.6 is 0 Å². The maximum absolute atomic E-state index is 10.8. The summed E-state index contributed by atoms with van der Waals surface area (Å²) in [7, 11) is 6.00. The van der Waals surface area contributed by atoms with Gasteiger partial charge in [-0.3, -0.25) is 4.79 Å². The van der Waals surface area contributed by atoms with Crippen LogP contribution in [0.3, 0.4) is 0 Å². The van der Waals surface area contributed by atoms with E-state index < -0.39 is 11.1 Å². The monoisotopic (exact) mass is 226 g/mol. The number of carbonyl (C=O) groups is 1. The van der Waals surface area contributed by atoms with Gasteiger partial charge in [-0.1, -0.05) is 18.2 Å². The van der Waals surface area contributed by atoms with Gasteiger partial charge >= 0.3 is 11.1 Å². The number of hydrogen-bond acceptors (Lipinski definition) is 5. The normalized spacial score (nSPS) is 9.00. The first-order valence-electron chi connectivity index (χ1n) is 4.46. The van der Waals surface area contributed by atoms with Gasteiger partial charge in [0, 0.05) is 5.56 Å². The molecule has 0 aromatic heterocycles. The SMILES string of the molecule is CN(C)C.O=C(O[N+](=O)[O-])c1ccccc1. The summed E-state index contributed by atoms with van der Waals surface area (Å²) in [4.78, 5) is 26.3. The molecule has 0 bridgehead atoms. The second kappa shape index (κ2) is 7.36.